The molecule has 1 amide bonds. The molecule has 106 valence electrons. The first-order chi connectivity index (χ1) is 9.26. The summed E-state index contributed by atoms with van der Waals surface area (Å²) in [6.45, 7) is 6.89. The Morgan fingerprint density at radius 3 is 2.16 bits per heavy atom. The number of carbonyl (C=O) groups is 1. The second-order valence-electron chi connectivity index (χ2n) is 4.90. The topological polar surface area (TPSA) is 32.3 Å². The Balaban J connectivity index is 2.41. The number of hydrogen-bond acceptors (Lipinski definition) is 2. The standard InChI is InChI=1S/C16H26N2O/c1-3-5-12-18(13-6-4-2)14-16(19)17-15-10-8-7-9-11-15/h7-11H,3-6,12-14H2,1-2H3,(H,17,19). The number of benzene rings is 1. The predicted octanol–water partition coefficient (Wildman–Crippen LogP) is 3.53. The van der Waals surface area contributed by atoms with Crippen LogP contribution < -0.4 is 5.32 Å². The lowest BCUT2D eigenvalue weighted by Crippen LogP contribution is -2.34. The van der Waals surface area contributed by atoms with Crippen molar-refractivity contribution in [1.82, 2.24) is 4.90 Å². The zero-order chi connectivity index (χ0) is 13.9. The van der Waals surface area contributed by atoms with Gasteiger partial charge in [0.1, 0.15) is 0 Å². The number of amides is 1. The lowest BCUT2D eigenvalue weighted by molar-refractivity contribution is -0.117. The average Bonchev–Trinajstić information content (AvgIpc) is 2.43. The van der Waals surface area contributed by atoms with Crippen LogP contribution in [0.3, 0.4) is 0 Å². The van der Waals surface area contributed by atoms with Gasteiger partial charge in [0, 0.05) is 5.69 Å². The molecule has 3 nitrogen and oxygen atoms in total. The van der Waals surface area contributed by atoms with Gasteiger partial charge in [-0.2, -0.15) is 0 Å². The van der Waals surface area contributed by atoms with Gasteiger partial charge in [-0.3, -0.25) is 9.69 Å². The van der Waals surface area contributed by atoms with Gasteiger partial charge in [-0.15, -0.1) is 0 Å². The molecule has 0 spiro atoms. The Morgan fingerprint density at radius 1 is 1.05 bits per heavy atom. The molecule has 0 saturated carbocycles. The van der Waals surface area contributed by atoms with Gasteiger partial charge in [0.05, 0.1) is 6.54 Å². The summed E-state index contributed by atoms with van der Waals surface area (Å²) in [6.07, 6.45) is 4.65. The Kier molecular flexibility index (Phi) is 7.91. The maximum absolute atomic E-state index is 12.0. The molecule has 1 N–H and O–H groups in total. The van der Waals surface area contributed by atoms with Crippen LogP contribution in [0.25, 0.3) is 0 Å². The van der Waals surface area contributed by atoms with E-state index in [9.17, 15) is 4.79 Å². The number of anilines is 1. The number of nitrogens with zero attached hydrogens (tertiary/aromatic N) is 1. The van der Waals surface area contributed by atoms with E-state index >= 15 is 0 Å². The summed E-state index contributed by atoms with van der Waals surface area (Å²) in [5.41, 5.74) is 0.874. The smallest absolute Gasteiger partial charge is 0.238 e. The normalized spacial score (nSPS) is 10.7. The van der Waals surface area contributed by atoms with Crippen molar-refractivity contribution in [1.29, 1.82) is 0 Å². The largest absolute Gasteiger partial charge is 0.325 e. The van der Waals surface area contributed by atoms with E-state index in [1.54, 1.807) is 0 Å². The quantitative estimate of drug-likeness (QED) is 0.738. The number of carbonyl (C=O) groups excluding carboxylic acids is 1. The number of unbranched alkanes of at least 4 members (excludes halogenated alkanes) is 2. The van der Waals surface area contributed by atoms with Crippen LogP contribution in [0.15, 0.2) is 30.3 Å². The minimum Gasteiger partial charge on any atom is -0.325 e. The first-order valence-electron chi connectivity index (χ1n) is 7.33. The van der Waals surface area contributed by atoms with Crippen LogP contribution in [0.5, 0.6) is 0 Å². The van der Waals surface area contributed by atoms with E-state index < -0.39 is 0 Å². The van der Waals surface area contributed by atoms with Gasteiger partial charge in [0.2, 0.25) is 5.91 Å². The molecule has 0 aliphatic carbocycles. The zero-order valence-electron chi connectivity index (χ0n) is 12.2. The van der Waals surface area contributed by atoms with Gasteiger partial charge >= 0.3 is 0 Å². The Bertz CT molecular complexity index is 343. The third-order valence-electron chi connectivity index (χ3n) is 3.08. The lowest BCUT2D eigenvalue weighted by atomic mass is 10.2. The van der Waals surface area contributed by atoms with Crippen LogP contribution in [0, 0.1) is 0 Å². The van der Waals surface area contributed by atoms with Crippen molar-refractivity contribution in [3.05, 3.63) is 30.3 Å². The minimum absolute atomic E-state index is 0.0819. The van der Waals surface area contributed by atoms with Gasteiger partial charge < -0.3 is 5.32 Å². The summed E-state index contributed by atoms with van der Waals surface area (Å²) in [5.74, 6) is 0.0819. The molecule has 3 heteroatoms. The van der Waals surface area contributed by atoms with Crippen molar-refractivity contribution >= 4 is 11.6 Å². The van der Waals surface area contributed by atoms with Gasteiger partial charge in [-0.05, 0) is 38.1 Å². The molecule has 0 fully saturated rings. The van der Waals surface area contributed by atoms with Crippen molar-refractivity contribution in [2.45, 2.75) is 39.5 Å². The third kappa shape index (κ3) is 6.97. The van der Waals surface area contributed by atoms with Crippen molar-refractivity contribution in [3.63, 3.8) is 0 Å². The van der Waals surface area contributed by atoms with E-state index in [1.807, 2.05) is 30.3 Å². The predicted molar refractivity (Wildman–Crippen MR) is 81.3 cm³/mol. The van der Waals surface area contributed by atoms with Crippen molar-refractivity contribution in [2.24, 2.45) is 0 Å². The SMILES string of the molecule is CCCCN(CCCC)CC(=O)Nc1ccccc1. The maximum atomic E-state index is 12.0. The Morgan fingerprint density at radius 2 is 1.63 bits per heavy atom. The molecule has 0 aliphatic heterocycles. The Labute approximate surface area is 117 Å². The number of hydrogen-bond donors (Lipinski definition) is 1. The number of para-hydroxylation sites is 1. The van der Waals surface area contributed by atoms with E-state index in [2.05, 4.69) is 24.1 Å². The Hall–Kier alpha value is -1.35. The highest BCUT2D eigenvalue weighted by atomic mass is 16.2. The fourth-order valence-electron chi connectivity index (χ4n) is 1.96. The first-order valence-corrected chi connectivity index (χ1v) is 7.33. The number of rotatable bonds is 9. The molecule has 0 aromatic heterocycles. The van der Waals surface area contributed by atoms with E-state index in [0.717, 1.165) is 31.6 Å². The van der Waals surface area contributed by atoms with Crippen LogP contribution in [0.1, 0.15) is 39.5 Å². The van der Waals surface area contributed by atoms with Gasteiger partial charge in [0.25, 0.3) is 0 Å². The summed E-state index contributed by atoms with van der Waals surface area (Å²) in [7, 11) is 0. The molecule has 0 heterocycles. The lowest BCUT2D eigenvalue weighted by Gasteiger charge is -2.21. The molecule has 1 aromatic carbocycles. The maximum Gasteiger partial charge on any atom is 0.238 e. The molecule has 0 atom stereocenters. The molecule has 0 aliphatic rings. The van der Waals surface area contributed by atoms with Crippen LogP contribution in [-0.2, 0) is 4.79 Å². The fraction of sp³-hybridized carbons (Fsp3) is 0.562. The molecular weight excluding hydrogens is 236 g/mol. The molecule has 0 saturated heterocycles. The third-order valence-corrected chi connectivity index (χ3v) is 3.08. The van der Waals surface area contributed by atoms with Gasteiger partial charge in [-0.1, -0.05) is 44.9 Å². The van der Waals surface area contributed by atoms with Gasteiger partial charge in [-0.25, -0.2) is 0 Å². The van der Waals surface area contributed by atoms with Crippen molar-refractivity contribution < 1.29 is 4.79 Å². The average molecular weight is 262 g/mol. The van der Waals surface area contributed by atoms with Crippen LogP contribution in [-0.4, -0.2) is 30.4 Å². The van der Waals surface area contributed by atoms with Crippen molar-refractivity contribution in [3.8, 4) is 0 Å². The van der Waals surface area contributed by atoms with Crippen molar-refractivity contribution in [2.75, 3.05) is 25.0 Å². The summed E-state index contributed by atoms with van der Waals surface area (Å²) >= 11 is 0. The fourth-order valence-corrected chi connectivity index (χ4v) is 1.96. The molecule has 0 radical (unpaired) electrons. The monoisotopic (exact) mass is 262 g/mol. The number of nitrogens with one attached hydrogen (secondary N) is 1. The molecule has 1 aromatic rings. The molecule has 0 unspecified atom stereocenters. The highest BCUT2D eigenvalue weighted by Crippen LogP contribution is 2.05. The van der Waals surface area contributed by atoms with Crippen LogP contribution >= 0.6 is 0 Å². The molecule has 0 bridgehead atoms. The highest BCUT2D eigenvalue weighted by Gasteiger charge is 2.09. The van der Waals surface area contributed by atoms with E-state index in [0.29, 0.717) is 6.54 Å². The first kappa shape index (κ1) is 15.7. The van der Waals surface area contributed by atoms with Crippen LogP contribution in [0.2, 0.25) is 0 Å². The molecular formula is C16H26N2O. The van der Waals surface area contributed by atoms with Gasteiger partial charge in [0.15, 0.2) is 0 Å². The summed E-state index contributed by atoms with van der Waals surface area (Å²) in [4.78, 5) is 14.3. The summed E-state index contributed by atoms with van der Waals surface area (Å²) in [6, 6.07) is 9.65. The molecule has 1 rings (SSSR count). The second kappa shape index (κ2) is 9.56. The van der Waals surface area contributed by atoms with Crippen LogP contribution in [0.4, 0.5) is 5.69 Å². The minimum atomic E-state index is 0.0819. The van der Waals surface area contributed by atoms with E-state index in [4.69, 9.17) is 0 Å². The zero-order valence-corrected chi connectivity index (χ0v) is 12.2. The summed E-state index contributed by atoms with van der Waals surface area (Å²) in [5, 5.41) is 2.94. The second-order valence-corrected chi connectivity index (χ2v) is 4.90. The highest BCUT2D eigenvalue weighted by molar-refractivity contribution is 5.92. The van der Waals surface area contributed by atoms with E-state index in [1.165, 1.54) is 12.8 Å². The molecule has 19 heavy (non-hydrogen) atoms. The van der Waals surface area contributed by atoms with E-state index in [-0.39, 0.29) is 5.91 Å². The summed E-state index contributed by atoms with van der Waals surface area (Å²) < 4.78 is 0.